The molecule has 0 saturated heterocycles. The molecule has 122 valence electrons. The maximum atomic E-state index is 11.9. The van der Waals surface area contributed by atoms with Crippen molar-refractivity contribution in [2.24, 2.45) is 0 Å². The fourth-order valence-corrected chi connectivity index (χ4v) is 2.28. The van der Waals surface area contributed by atoms with Gasteiger partial charge < -0.3 is 14.5 Å². The molecule has 0 radical (unpaired) electrons. The van der Waals surface area contributed by atoms with Crippen molar-refractivity contribution in [1.29, 1.82) is 0 Å². The zero-order valence-electron chi connectivity index (χ0n) is 12.8. The van der Waals surface area contributed by atoms with E-state index in [0.717, 1.165) is 12.8 Å². The fraction of sp³-hybridized carbons (Fsp3) is 0.438. The number of para-hydroxylation sites is 2. The Kier molecular flexibility index (Phi) is 4.18. The summed E-state index contributed by atoms with van der Waals surface area (Å²) in [7, 11) is 0. The van der Waals surface area contributed by atoms with E-state index in [0.29, 0.717) is 11.1 Å². The van der Waals surface area contributed by atoms with E-state index in [9.17, 15) is 14.4 Å². The van der Waals surface area contributed by atoms with Crippen LogP contribution in [0.1, 0.15) is 26.2 Å². The van der Waals surface area contributed by atoms with Crippen LogP contribution in [0.15, 0.2) is 33.5 Å². The van der Waals surface area contributed by atoms with Gasteiger partial charge in [0.05, 0.1) is 11.9 Å². The van der Waals surface area contributed by atoms with Gasteiger partial charge in [-0.1, -0.05) is 12.1 Å². The zero-order valence-corrected chi connectivity index (χ0v) is 12.8. The van der Waals surface area contributed by atoms with Crippen molar-refractivity contribution in [1.82, 2.24) is 9.88 Å². The highest BCUT2D eigenvalue weighted by Gasteiger charge is 2.27. The van der Waals surface area contributed by atoms with Crippen LogP contribution in [-0.4, -0.2) is 28.6 Å². The summed E-state index contributed by atoms with van der Waals surface area (Å²) in [5.41, 5.74) is 1.10. The SMILES string of the molecule is CC(OC(=O)CCn1c(=O)oc2ccccc21)C(=O)NC1CC1. The van der Waals surface area contributed by atoms with Crippen molar-refractivity contribution in [2.75, 3.05) is 0 Å². The summed E-state index contributed by atoms with van der Waals surface area (Å²) in [5.74, 6) is -1.33. The van der Waals surface area contributed by atoms with Crippen molar-refractivity contribution in [3.8, 4) is 0 Å². The third kappa shape index (κ3) is 3.61. The lowest BCUT2D eigenvalue weighted by Gasteiger charge is -2.13. The zero-order chi connectivity index (χ0) is 16.4. The number of amides is 1. The van der Waals surface area contributed by atoms with Gasteiger partial charge in [-0.3, -0.25) is 14.2 Å². The van der Waals surface area contributed by atoms with Gasteiger partial charge in [-0.05, 0) is 31.9 Å². The first-order valence-electron chi connectivity index (χ1n) is 7.63. The maximum Gasteiger partial charge on any atom is 0.419 e. The molecule has 23 heavy (non-hydrogen) atoms. The van der Waals surface area contributed by atoms with Crippen LogP contribution in [0.2, 0.25) is 0 Å². The summed E-state index contributed by atoms with van der Waals surface area (Å²) >= 11 is 0. The first-order valence-corrected chi connectivity index (χ1v) is 7.63. The number of hydrogen-bond donors (Lipinski definition) is 1. The largest absolute Gasteiger partial charge is 0.452 e. The molecule has 0 spiro atoms. The minimum atomic E-state index is -0.832. The molecule has 7 heteroatoms. The third-order valence-electron chi connectivity index (χ3n) is 3.71. The monoisotopic (exact) mass is 318 g/mol. The van der Waals surface area contributed by atoms with Crippen molar-refractivity contribution in [3.05, 3.63) is 34.8 Å². The Morgan fingerprint density at radius 2 is 2.13 bits per heavy atom. The average Bonchev–Trinajstić information content (AvgIpc) is 3.26. The fourth-order valence-electron chi connectivity index (χ4n) is 2.28. The summed E-state index contributed by atoms with van der Waals surface area (Å²) in [6.45, 7) is 1.68. The maximum absolute atomic E-state index is 11.9. The molecule has 7 nitrogen and oxygen atoms in total. The number of ether oxygens (including phenoxy) is 1. The summed E-state index contributed by atoms with van der Waals surface area (Å²) < 4.78 is 11.6. The van der Waals surface area contributed by atoms with Crippen LogP contribution in [-0.2, 0) is 20.9 Å². The first kappa shape index (κ1) is 15.3. The number of nitrogens with zero attached hydrogens (tertiary/aromatic N) is 1. The molecule has 1 N–H and O–H groups in total. The van der Waals surface area contributed by atoms with E-state index >= 15 is 0 Å². The van der Waals surface area contributed by atoms with E-state index in [2.05, 4.69) is 5.32 Å². The molecule has 1 atom stereocenters. The van der Waals surface area contributed by atoms with Crippen LogP contribution in [0, 0.1) is 0 Å². The van der Waals surface area contributed by atoms with Gasteiger partial charge in [0, 0.05) is 12.6 Å². The summed E-state index contributed by atoms with van der Waals surface area (Å²) in [4.78, 5) is 35.4. The lowest BCUT2D eigenvalue weighted by Crippen LogP contribution is -2.37. The molecule has 1 unspecified atom stereocenters. The molecule has 1 aliphatic carbocycles. The molecule has 0 bridgehead atoms. The number of nitrogens with one attached hydrogen (secondary N) is 1. The topological polar surface area (TPSA) is 90.5 Å². The Balaban J connectivity index is 1.56. The minimum absolute atomic E-state index is 0.00944. The van der Waals surface area contributed by atoms with Gasteiger partial charge in [0.25, 0.3) is 5.91 Å². The molecule has 3 rings (SSSR count). The number of oxazole rings is 1. The van der Waals surface area contributed by atoms with E-state index in [4.69, 9.17) is 9.15 Å². The van der Waals surface area contributed by atoms with Crippen LogP contribution in [0.25, 0.3) is 11.1 Å². The van der Waals surface area contributed by atoms with Gasteiger partial charge in [-0.15, -0.1) is 0 Å². The van der Waals surface area contributed by atoms with Crippen molar-refractivity contribution >= 4 is 23.0 Å². The summed E-state index contributed by atoms with van der Waals surface area (Å²) in [6.07, 6.45) is 1.11. The van der Waals surface area contributed by atoms with Gasteiger partial charge in [-0.25, -0.2) is 4.79 Å². The Hall–Kier alpha value is -2.57. The van der Waals surface area contributed by atoms with Crippen LogP contribution in [0.5, 0.6) is 0 Å². The number of esters is 1. The molecule has 1 aliphatic rings. The minimum Gasteiger partial charge on any atom is -0.452 e. The number of rotatable bonds is 6. The molecule has 1 amide bonds. The molecule has 0 aliphatic heterocycles. The van der Waals surface area contributed by atoms with Crippen molar-refractivity contribution in [3.63, 3.8) is 0 Å². The second-order valence-electron chi connectivity index (χ2n) is 5.65. The van der Waals surface area contributed by atoms with Crippen molar-refractivity contribution in [2.45, 2.75) is 44.9 Å². The van der Waals surface area contributed by atoms with E-state index in [1.807, 2.05) is 0 Å². The first-order chi connectivity index (χ1) is 11.0. The quantitative estimate of drug-likeness (QED) is 0.808. The lowest BCUT2D eigenvalue weighted by atomic mass is 10.3. The molecular formula is C16H18N2O5. The Labute approximate surface area is 132 Å². The standard InChI is InChI=1S/C16H18N2O5/c1-10(15(20)17-11-6-7-11)22-14(19)8-9-18-12-4-2-3-5-13(12)23-16(18)21/h2-5,10-11H,6-9H2,1H3,(H,17,20). The molecule has 1 heterocycles. The highest BCUT2D eigenvalue weighted by molar-refractivity contribution is 5.83. The highest BCUT2D eigenvalue weighted by Crippen LogP contribution is 2.19. The lowest BCUT2D eigenvalue weighted by molar-refractivity contribution is -0.155. The van der Waals surface area contributed by atoms with Crippen LogP contribution >= 0.6 is 0 Å². The predicted molar refractivity (Wildman–Crippen MR) is 81.8 cm³/mol. The Morgan fingerprint density at radius 3 is 2.87 bits per heavy atom. The number of aromatic nitrogens is 1. The summed E-state index contributed by atoms with van der Waals surface area (Å²) in [5, 5.41) is 2.78. The number of benzene rings is 1. The molecule has 1 fully saturated rings. The highest BCUT2D eigenvalue weighted by atomic mass is 16.5. The molecular weight excluding hydrogens is 300 g/mol. The van der Waals surface area contributed by atoms with E-state index in [1.54, 1.807) is 24.3 Å². The van der Waals surface area contributed by atoms with Crippen LogP contribution < -0.4 is 11.1 Å². The number of carbonyl (C=O) groups is 2. The van der Waals surface area contributed by atoms with Gasteiger partial charge in [0.1, 0.15) is 0 Å². The summed E-state index contributed by atoms with van der Waals surface area (Å²) in [6, 6.07) is 7.22. The van der Waals surface area contributed by atoms with E-state index in [-0.39, 0.29) is 24.9 Å². The number of fused-ring (bicyclic) bond motifs is 1. The molecule has 1 aromatic heterocycles. The molecule has 2 aromatic rings. The van der Waals surface area contributed by atoms with Crippen LogP contribution in [0.4, 0.5) is 0 Å². The average molecular weight is 318 g/mol. The van der Waals surface area contributed by atoms with Gasteiger partial charge in [0.15, 0.2) is 11.7 Å². The smallest absolute Gasteiger partial charge is 0.419 e. The normalized spacial score (nSPS) is 15.3. The number of hydrogen-bond acceptors (Lipinski definition) is 5. The Morgan fingerprint density at radius 1 is 1.39 bits per heavy atom. The van der Waals surface area contributed by atoms with E-state index < -0.39 is 17.8 Å². The number of aryl methyl sites for hydroxylation is 1. The van der Waals surface area contributed by atoms with E-state index in [1.165, 1.54) is 11.5 Å². The predicted octanol–water partition coefficient (Wildman–Crippen LogP) is 1.19. The van der Waals surface area contributed by atoms with Crippen LogP contribution in [0.3, 0.4) is 0 Å². The second kappa shape index (κ2) is 6.28. The molecule has 1 saturated carbocycles. The van der Waals surface area contributed by atoms with Crippen molar-refractivity contribution < 1.29 is 18.7 Å². The number of carbonyl (C=O) groups excluding carboxylic acids is 2. The third-order valence-corrected chi connectivity index (χ3v) is 3.71. The van der Waals surface area contributed by atoms with Gasteiger partial charge >= 0.3 is 11.7 Å². The Bertz CT molecular complexity index is 787. The molecule has 1 aromatic carbocycles. The second-order valence-corrected chi connectivity index (χ2v) is 5.65. The van der Waals surface area contributed by atoms with Gasteiger partial charge in [-0.2, -0.15) is 0 Å². The van der Waals surface area contributed by atoms with Gasteiger partial charge in [0.2, 0.25) is 0 Å².